The Morgan fingerprint density at radius 2 is 1.88 bits per heavy atom. The van der Waals surface area contributed by atoms with Crippen LogP contribution in [0.2, 0.25) is 0 Å². The predicted octanol–water partition coefficient (Wildman–Crippen LogP) is -1.18. The van der Waals surface area contributed by atoms with Crippen molar-refractivity contribution >= 4 is 11.6 Å². The highest BCUT2D eigenvalue weighted by Crippen LogP contribution is 2.20. The van der Waals surface area contributed by atoms with Gasteiger partial charge in [-0.3, -0.25) is 14.6 Å². The van der Waals surface area contributed by atoms with Crippen molar-refractivity contribution in [3.63, 3.8) is 0 Å². The summed E-state index contributed by atoms with van der Waals surface area (Å²) in [6.45, 7) is 13.1. The largest absolute Gasteiger partial charge is 1.00 e. The van der Waals surface area contributed by atoms with Gasteiger partial charge in [0, 0.05) is 12.5 Å². The van der Waals surface area contributed by atoms with Gasteiger partial charge in [0.1, 0.15) is 0 Å². The lowest BCUT2D eigenvalue weighted by Gasteiger charge is -2.38. The second-order valence-electron chi connectivity index (χ2n) is 7.14. The molecule has 1 aliphatic rings. The minimum Gasteiger partial charge on any atom is -1.00 e. The normalized spacial score (nSPS) is 16.8. The highest BCUT2D eigenvalue weighted by molar-refractivity contribution is 5.75. The first kappa shape index (κ1) is 22.7. The third-order valence-electron chi connectivity index (χ3n) is 4.75. The van der Waals surface area contributed by atoms with Gasteiger partial charge in [-0.05, 0) is 25.3 Å². The lowest BCUT2D eigenvalue weighted by atomic mass is 10.1. The minimum absolute atomic E-state index is 0. The average molecular weight is 384 g/mol. The van der Waals surface area contributed by atoms with Crippen LogP contribution in [0, 0.1) is 5.92 Å². The van der Waals surface area contributed by atoms with E-state index < -0.39 is 0 Å². The second-order valence-corrected chi connectivity index (χ2v) is 7.14. The number of carbonyl (C=O) groups excluding carboxylic acids is 1. The van der Waals surface area contributed by atoms with Gasteiger partial charge >= 0.3 is 0 Å². The molecular formula is C20H34ClN3O2. The molecule has 0 radical (unpaired) electrons. The molecule has 0 aromatic heterocycles. The van der Waals surface area contributed by atoms with Crippen LogP contribution in [-0.4, -0.2) is 49.8 Å². The van der Waals surface area contributed by atoms with Crippen molar-refractivity contribution in [2.45, 2.75) is 46.7 Å². The van der Waals surface area contributed by atoms with E-state index in [-0.39, 0.29) is 24.5 Å². The first-order chi connectivity index (χ1) is 12.0. The quantitative estimate of drug-likeness (QED) is 0.594. The van der Waals surface area contributed by atoms with E-state index in [0.29, 0.717) is 18.9 Å². The van der Waals surface area contributed by atoms with Gasteiger partial charge in [-0.2, -0.15) is 0 Å². The summed E-state index contributed by atoms with van der Waals surface area (Å²) in [6.07, 6.45) is 1.69. The fourth-order valence-electron chi connectivity index (χ4n) is 3.45. The third kappa shape index (κ3) is 6.45. The Bertz CT molecular complexity index is 546. The lowest BCUT2D eigenvalue weighted by molar-refractivity contribution is -0.838. The molecule has 1 fully saturated rings. The van der Waals surface area contributed by atoms with Crippen molar-refractivity contribution in [1.82, 2.24) is 10.2 Å². The Morgan fingerprint density at radius 1 is 1.23 bits per heavy atom. The smallest absolute Gasteiger partial charge is 0.220 e. The number of nitrogens with zero attached hydrogens (tertiary/aromatic N) is 1. The number of piperazine rings is 1. The van der Waals surface area contributed by atoms with Crippen LogP contribution in [0.25, 0.3) is 0 Å². The molecule has 0 spiro atoms. The number of para-hydroxylation sites is 2. The van der Waals surface area contributed by atoms with Gasteiger partial charge in [-0.25, -0.2) is 0 Å². The number of hydrogen-bond acceptors (Lipinski definition) is 3. The molecule has 1 saturated heterocycles. The topological polar surface area (TPSA) is 46.0 Å². The fourth-order valence-corrected chi connectivity index (χ4v) is 3.45. The van der Waals surface area contributed by atoms with Crippen LogP contribution in [0.3, 0.4) is 0 Å². The summed E-state index contributed by atoms with van der Waals surface area (Å²) in [7, 11) is 0. The molecule has 1 aromatic carbocycles. The molecule has 0 bridgehead atoms. The highest BCUT2D eigenvalue weighted by atomic mass is 35.5. The van der Waals surface area contributed by atoms with E-state index in [4.69, 9.17) is 4.74 Å². The van der Waals surface area contributed by atoms with E-state index in [9.17, 15) is 4.79 Å². The van der Waals surface area contributed by atoms with Crippen molar-refractivity contribution in [3.8, 4) is 5.75 Å². The molecule has 26 heavy (non-hydrogen) atoms. The molecule has 1 aliphatic heterocycles. The van der Waals surface area contributed by atoms with Crippen LogP contribution in [0.1, 0.15) is 40.5 Å². The minimum atomic E-state index is 0. The van der Waals surface area contributed by atoms with Crippen LogP contribution in [0.15, 0.2) is 24.3 Å². The monoisotopic (exact) mass is 383 g/mol. The van der Waals surface area contributed by atoms with Crippen LogP contribution >= 0.6 is 0 Å². The molecule has 0 saturated carbocycles. The zero-order valence-corrected chi connectivity index (χ0v) is 17.3. The van der Waals surface area contributed by atoms with Gasteiger partial charge in [0.2, 0.25) is 5.91 Å². The Morgan fingerprint density at radius 3 is 2.46 bits per heavy atom. The standard InChI is InChI=1S/C20H33N3O2.ClH/c1-5-20(24)21-19(15-16(3)4)23-13-11-22(12-14-23)17-9-7-8-10-18(17)25-6-2;/h7-10,16,19H,5-6,11-15H2,1-4H3,(H,21,24);1H. The average Bonchev–Trinajstić information content (AvgIpc) is 2.61. The zero-order valence-electron chi connectivity index (χ0n) is 16.6. The number of rotatable bonds is 8. The van der Waals surface area contributed by atoms with Crippen LogP contribution in [-0.2, 0) is 4.79 Å². The van der Waals surface area contributed by atoms with Gasteiger partial charge in [0.25, 0.3) is 0 Å². The Balaban J connectivity index is 0.00000338. The molecule has 0 aliphatic carbocycles. The summed E-state index contributed by atoms with van der Waals surface area (Å²) in [6, 6.07) is 8.34. The van der Waals surface area contributed by atoms with E-state index in [0.717, 1.165) is 38.3 Å². The number of halogens is 1. The van der Waals surface area contributed by atoms with E-state index >= 15 is 0 Å². The summed E-state index contributed by atoms with van der Waals surface area (Å²) in [5.41, 5.74) is 1.25. The van der Waals surface area contributed by atoms with Gasteiger partial charge < -0.3 is 22.5 Å². The summed E-state index contributed by atoms with van der Waals surface area (Å²) in [5.74, 6) is 1.69. The van der Waals surface area contributed by atoms with Gasteiger partial charge in [-0.1, -0.05) is 32.9 Å². The molecule has 1 aromatic rings. The summed E-state index contributed by atoms with van der Waals surface area (Å²) >= 11 is 0. The van der Waals surface area contributed by atoms with E-state index in [1.165, 1.54) is 10.6 Å². The number of ether oxygens (including phenoxy) is 1. The Labute approximate surface area is 164 Å². The van der Waals surface area contributed by atoms with Gasteiger partial charge in [-0.15, -0.1) is 0 Å². The number of carbonyl (C=O) groups is 1. The molecule has 2 rings (SSSR count). The maximum atomic E-state index is 11.9. The summed E-state index contributed by atoms with van der Waals surface area (Å²) < 4.78 is 5.79. The maximum absolute atomic E-state index is 11.9. The lowest BCUT2D eigenvalue weighted by Crippen LogP contribution is -3.10. The maximum Gasteiger partial charge on any atom is 0.220 e. The number of amides is 1. The van der Waals surface area contributed by atoms with Crippen molar-refractivity contribution in [3.05, 3.63) is 24.3 Å². The van der Waals surface area contributed by atoms with Crippen molar-refractivity contribution < 1.29 is 26.8 Å². The van der Waals surface area contributed by atoms with Crippen LogP contribution in [0.4, 0.5) is 5.69 Å². The first-order valence-corrected chi connectivity index (χ1v) is 9.65. The molecule has 1 heterocycles. The first-order valence-electron chi connectivity index (χ1n) is 9.65. The molecule has 1 amide bonds. The number of hydrogen-bond donors (Lipinski definition) is 2. The number of quaternary nitrogens is 1. The predicted molar refractivity (Wildman–Crippen MR) is 101 cm³/mol. The van der Waals surface area contributed by atoms with Crippen molar-refractivity contribution in [1.29, 1.82) is 0 Å². The molecule has 148 valence electrons. The molecule has 1 atom stereocenters. The molecule has 1 unspecified atom stereocenters. The second kappa shape index (κ2) is 11.4. The fraction of sp³-hybridized carbons (Fsp3) is 0.650. The Kier molecular flexibility index (Phi) is 9.99. The van der Waals surface area contributed by atoms with Crippen molar-refractivity contribution in [2.75, 3.05) is 32.8 Å². The molecule has 5 nitrogen and oxygen atoms in total. The van der Waals surface area contributed by atoms with Crippen LogP contribution in [0.5, 0.6) is 5.75 Å². The number of benzene rings is 1. The van der Waals surface area contributed by atoms with E-state index in [1.807, 2.05) is 19.9 Å². The summed E-state index contributed by atoms with van der Waals surface area (Å²) in [4.78, 5) is 15.8. The van der Waals surface area contributed by atoms with Gasteiger partial charge in [0.15, 0.2) is 11.4 Å². The van der Waals surface area contributed by atoms with E-state index in [1.54, 1.807) is 0 Å². The molecule has 6 heteroatoms. The molecule has 2 N–H and O–H groups in total. The zero-order chi connectivity index (χ0) is 18.2. The number of nitrogens with one attached hydrogen (secondary N) is 2. The van der Waals surface area contributed by atoms with Crippen LogP contribution < -0.4 is 27.4 Å². The van der Waals surface area contributed by atoms with E-state index in [2.05, 4.69) is 42.3 Å². The third-order valence-corrected chi connectivity index (χ3v) is 4.75. The molecular weight excluding hydrogens is 350 g/mol. The summed E-state index contributed by atoms with van der Waals surface area (Å²) in [5, 5.41) is 3.21. The Hall–Kier alpha value is -1.30. The van der Waals surface area contributed by atoms with Gasteiger partial charge in [0.05, 0.1) is 39.0 Å². The highest BCUT2D eigenvalue weighted by Gasteiger charge is 2.29. The SMILES string of the molecule is CCOc1ccccc1[NH+]1CCN(C(CC(C)C)NC(=O)CC)CC1.[Cl-]. The van der Waals surface area contributed by atoms with Crippen molar-refractivity contribution in [2.24, 2.45) is 5.92 Å².